The minimum atomic E-state index is -2.88. The van der Waals surface area contributed by atoms with Gasteiger partial charge in [0, 0.05) is 25.3 Å². The summed E-state index contributed by atoms with van der Waals surface area (Å²) < 4.78 is 40.1. The van der Waals surface area contributed by atoms with E-state index in [1.807, 2.05) is 0 Å². The van der Waals surface area contributed by atoms with Gasteiger partial charge in [0.05, 0.1) is 13.7 Å². The molecule has 0 spiro atoms. The van der Waals surface area contributed by atoms with Crippen molar-refractivity contribution in [1.29, 1.82) is 0 Å². The largest absolute Gasteiger partial charge is 0.493 e. The van der Waals surface area contributed by atoms with Crippen LogP contribution in [-0.4, -0.2) is 33.5 Å². The molecular weight excluding hydrogens is 292 g/mol. The normalized spacial score (nSPS) is 11.2. The summed E-state index contributed by atoms with van der Waals surface area (Å²) in [5.41, 5.74) is 0.627. The molecule has 0 atom stereocenters. The van der Waals surface area contributed by atoms with Crippen LogP contribution in [0.5, 0.6) is 11.5 Å². The number of alkyl halides is 2. The third-order valence-corrected chi connectivity index (χ3v) is 3.07. The lowest BCUT2D eigenvalue weighted by Crippen LogP contribution is -2.20. The van der Waals surface area contributed by atoms with Gasteiger partial charge in [0.15, 0.2) is 11.5 Å². The maximum atomic E-state index is 12.5. The van der Waals surface area contributed by atoms with Crippen LogP contribution in [0.1, 0.15) is 25.8 Å². The first kappa shape index (κ1) is 18.6. The van der Waals surface area contributed by atoms with Crippen molar-refractivity contribution in [1.82, 2.24) is 5.32 Å². The van der Waals surface area contributed by atoms with Crippen molar-refractivity contribution in [3.05, 3.63) is 23.8 Å². The SMILES string of the molecule is COc1cccc(CNCCOCCC(C)C)c1OC(F)F. The van der Waals surface area contributed by atoms with Crippen LogP contribution >= 0.6 is 0 Å². The molecule has 1 rings (SSSR count). The van der Waals surface area contributed by atoms with Crippen molar-refractivity contribution < 1.29 is 23.0 Å². The highest BCUT2D eigenvalue weighted by Crippen LogP contribution is 2.32. The second-order valence-corrected chi connectivity index (χ2v) is 5.30. The van der Waals surface area contributed by atoms with Crippen LogP contribution in [0, 0.1) is 5.92 Å². The lowest BCUT2D eigenvalue weighted by Gasteiger charge is -2.15. The monoisotopic (exact) mass is 317 g/mol. The number of hydrogen-bond acceptors (Lipinski definition) is 4. The molecule has 0 radical (unpaired) electrons. The second kappa shape index (κ2) is 10.3. The van der Waals surface area contributed by atoms with Gasteiger partial charge >= 0.3 is 6.61 Å². The van der Waals surface area contributed by atoms with Gasteiger partial charge < -0.3 is 19.5 Å². The maximum absolute atomic E-state index is 12.5. The molecule has 0 aromatic heterocycles. The molecule has 126 valence electrons. The summed E-state index contributed by atoms with van der Waals surface area (Å²) in [6.45, 7) is 3.79. The van der Waals surface area contributed by atoms with Crippen molar-refractivity contribution in [2.75, 3.05) is 26.9 Å². The van der Waals surface area contributed by atoms with Gasteiger partial charge in [-0.25, -0.2) is 0 Å². The van der Waals surface area contributed by atoms with E-state index in [0.717, 1.165) is 13.0 Å². The van der Waals surface area contributed by atoms with Gasteiger partial charge in [0.2, 0.25) is 0 Å². The van der Waals surface area contributed by atoms with Crippen molar-refractivity contribution >= 4 is 0 Å². The smallest absolute Gasteiger partial charge is 0.387 e. The minimum Gasteiger partial charge on any atom is -0.493 e. The van der Waals surface area contributed by atoms with E-state index in [1.54, 1.807) is 18.2 Å². The van der Waals surface area contributed by atoms with Gasteiger partial charge in [-0.15, -0.1) is 0 Å². The highest BCUT2D eigenvalue weighted by molar-refractivity contribution is 5.46. The van der Waals surface area contributed by atoms with E-state index in [2.05, 4.69) is 23.9 Å². The highest BCUT2D eigenvalue weighted by Gasteiger charge is 2.14. The Kier molecular flexibility index (Phi) is 8.77. The maximum Gasteiger partial charge on any atom is 0.387 e. The summed E-state index contributed by atoms with van der Waals surface area (Å²) in [6.07, 6.45) is 1.03. The predicted octanol–water partition coefficient (Wildman–Crippen LogP) is 3.45. The van der Waals surface area contributed by atoms with Gasteiger partial charge in [-0.1, -0.05) is 26.0 Å². The molecular formula is C16H25F2NO3. The Labute approximate surface area is 130 Å². The number of nitrogens with one attached hydrogen (secondary N) is 1. The van der Waals surface area contributed by atoms with Crippen LogP contribution < -0.4 is 14.8 Å². The third-order valence-electron chi connectivity index (χ3n) is 3.07. The molecule has 0 saturated heterocycles. The Hall–Kier alpha value is -1.40. The molecule has 0 aliphatic heterocycles. The van der Waals surface area contributed by atoms with Gasteiger partial charge in [0.1, 0.15) is 0 Å². The molecule has 1 N–H and O–H groups in total. The third kappa shape index (κ3) is 7.04. The average Bonchev–Trinajstić information content (AvgIpc) is 2.46. The Morgan fingerprint density at radius 3 is 2.59 bits per heavy atom. The molecule has 0 aliphatic carbocycles. The first-order valence-electron chi connectivity index (χ1n) is 7.43. The number of methoxy groups -OCH3 is 1. The molecule has 0 aliphatic rings. The van der Waals surface area contributed by atoms with Crippen LogP contribution in [0.4, 0.5) is 8.78 Å². The molecule has 4 nitrogen and oxygen atoms in total. The topological polar surface area (TPSA) is 39.7 Å². The molecule has 0 fully saturated rings. The quantitative estimate of drug-likeness (QED) is 0.635. The average molecular weight is 317 g/mol. The summed E-state index contributed by atoms with van der Waals surface area (Å²) in [7, 11) is 1.42. The number of rotatable bonds is 11. The Morgan fingerprint density at radius 2 is 1.95 bits per heavy atom. The number of hydrogen-bond donors (Lipinski definition) is 1. The zero-order valence-corrected chi connectivity index (χ0v) is 13.4. The van der Waals surface area contributed by atoms with E-state index in [-0.39, 0.29) is 5.75 Å². The lowest BCUT2D eigenvalue weighted by molar-refractivity contribution is -0.0518. The number of benzene rings is 1. The van der Waals surface area contributed by atoms with E-state index >= 15 is 0 Å². The molecule has 0 bridgehead atoms. The van der Waals surface area contributed by atoms with Crippen LogP contribution in [0.25, 0.3) is 0 Å². The molecule has 0 unspecified atom stereocenters. The zero-order valence-electron chi connectivity index (χ0n) is 13.4. The van der Waals surface area contributed by atoms with Crippen LogP contribution in [0.3, 0.4) is 0 Å². The highest BCUT2D eigenvalue weighted by atomic mass is 19.3. The van der Waals surface area contributed by atoms with Crippen LogP contribution in [0.15, 0.2) is 18.2 Å². The molecule has 0 heterocycles. The summed E-state index contributed by atoms with van der Waals surface area (Å²) in [6, 6.07) is 5.07. The lowest BCUT2D eigenvalue weighted by atomic mass is 10.1. The fourth-order valence-electron chi connectivity index (χ4n) is 1.87. The number of ether oxygens (including phenoxy) is 3. The van der Waals surface area contributed by atoms with E-state index < -0.39 is 6.61 Å². The summed E-state index contributed by atoms with van der Waals surface area (Å²) in [4.78, 5) is 0. The zero-order chi connectivity index (χ0) is 16.4. The van der Waals surface area contributed by atoms with Gasteiger partial charge in [-0.2, -0.15) is 8.78 Å². The van der Waals surface area contributed by atoms with Gasteiger partial charge in [-0.3, -0.25) is 0 Å². The van der Waals surface area contributed by atoms with E-state index in [4.69, 9.17) is 9.47 Å². The van der Waals surface area contributed by atoms with Crippen LogP contribution in [-0.2, 0) is 11.3 Å². The molecule has 1 aromatic rings. The van der Waals surface area contributed by atoms with Crippen LogP contribution in [0.2, 0.25) is 0 Å². The standard InChI is InChI=1S/C16H25F2NO3/c1-12(2)7-9-21-10-8-19-11-13-5-4-6-14(20-3)15(13)22-16(17)18/h4-6,12,16,19H,7-11H2,1-3H3. The fraction of sp³-hybridized carbons (Fsp3) is 0.625. The van der Waals surface area contributed by atoms with E-state index in [1.165, 1.54) is 7.11 Å². The van der Waals surface area contributed by atoms with E-state index in [9.17, 15) is 8.78 Å². The van der Waals surface area contributed by atoms with Gasteiger partial charge in [0.25, 0.3) is 0 Å². The first-order chi connectivity index (χ1) is 10.5. The van der Waals surface area contributed by atoms with Crippen molar-refractivity contribution in [3.63, 3.8) is 0 Å². The summed E-state index contributed by atoms with van der Waals surface area (Å²) in [5, 5.41) is 3.15. The summed E-state index contributed by atoms with van der Waals surface area (Å²) in [5.74, 6) is 1.000. The first-order valence-corrected chi connectivity index (χ1v) is 7.43. The van der Waals surface area contributed by atoms with E-state index in [0.29, 0.717) is 36.9 Å². The van der Waals surface area contributed by atoms with Crippen molar-refractivity contribution in [3.8, 4) is 11.5 Å². The molecule has 0 amide bonds. The molecule has 22 heavy (non-hydrogen) atoms. The van der Waals surface area contributed by atoms with Crippen molar-refractivity contribution in [2.24, 2.45) is 5.92 Å². The fourth-order valence-corrected chi connectivity index (χ4v) is 1.87. The Bertz CT molecular complexity index is 428. The van der Waals surface area contributed by atoms with Gasteiger partial charge in [-0.05, 0) is 18.4 Å². The molecule has 0 saturated carbocycles. The van der Waals surface area contributed by atoms with Crippen molar-refractivity contribution in [2.45, 2.75) is 33.4 Å². The second-order valence-electron chi connectivity index (χ2n) is 5.30. The Balaban J connectivity index is 2.41. The Morgan fingerprint density at radius 1 is 1.18 bits per heavy atom. The minimum absolute atomic E-state index is 0.0771. The molecule has 6 heteroatoms. The summed E-state index contributed by atoms with van der Waals surface area (Å²) >= 11 is 0. The predicted molar refractivity (Wildman–Crippen MR) is 81.6 cm³/mol. The number of para-hydroxylation sites is 1. The molecule has 1 aromatic carbocycles. The number of halogens is 2.